The lowest BCUT2D eigenvalue weighted by molar-refractivity contribution is -0.223. The van der Waals surface area contributed by atoms with Crippen LogP contribution in [0.5, 0.6) is 0 Å². The second-order valence-corrected chi connectivity index (χ2v) is 2.24. The van der Waals surface area contributed by atoms with Crippen molar-refractivity contribution in [2.45, 2.75) is 31.4 Å². The first-order chi connectivity index (χ1) is 5.29. The molecule has 12 heavy (non-hydrogen) atoms. The number of hydrogen-bond donors (Lipinski definition) is 0. The number of aldehydes is 1. The molecule has 0 aliphatic rings. The third-order valence-corrected chi connectivity index (χ3v) is 1.34. The summed E-state index contributed by atoms with van der Waals surface area (Å²) in [7, 11) is 0. The van der Waals surface area contributed by atoms with Crippen molar-refractivity contribution in [3.05, 3.63) is 0 Å². The van der Waals surface area contributed by atoms with E-state index >= 15 is 0 Å². The van der Waals surface area contributed by atoms with Gasteiger partial charge in [0.25, 0.3) is 0 Å². The number of carbonyl (C=O) groups excluding carboxylic acids is 1. The lowest BCUT2D eigenvalue weighted by atomic mass is 10.1. The number of carbonyl (C=O) groups is 1. The van der Waals surface area contributed by atoms with Crippen LogP contribution in [0.25, 0.3) is 0 Å². The molecular formula is C6H7F5O. The zero-order valence-electron chi connectivity index (χ0n) is 6.16. The van der Waals surface area contributed by atoms with Crippen molar-refractivity contribution in [3.63, 3.8) is 0 Å². The van der Waals surface area contributed by atoms with Crippen LogP contribution in [-0.2, 0) is 4.79 Å². The number of rotatable bonds is 4. The third kappa shape index (κ3) is 1.73. The SMILES string of the molecule is CCC(F)C(F)(F)C(F)(F)C=O. The highest BCUT2D eigenvalue weighted by Gasteiger charge is 2.61. The van der Waals surface area contributed by atoms with Gasteiger partial charge in [-0.2, -0.15) is 17.6 Å². The molecule has 0 aromatic carbocycles. The maximum atomic E-state index is 12.2. The van der Waals surface area contributed by atoms with Gasteiger partial charge in [-0.05, 0) is 6.42 Å². The zero-order valence-corrected chi connectivity index (χ0v) is 6.16. The van der Waals surface area contributed by atoms with Crippen LogP contribution in [0.2, 0.25) is 0 Å². The van der Waals surface area contributed by atoms with Gasteiger partial charge in [-0.15, -0.1) is 0 Å². The fourth-order valence-corrected chi connectivity index (χ4v) is 0.544. The van der Waals surface area contributed by atoms with Crippen molar-refractivity contribution < 1.29 is 26.7 Å². The molecule has 1 unspecified atom stereocenters. The summed E-state index contributed by atoms with van der Waals surface area (Å²) in [5.74, 6) is -9.84. The molecule has 0 saturated heterocycles. The summed E-state index contributed by atoms with van der Waals surface area (Å²) in [6, 6.07) is 0. The zero-order chi connectivity index (χ0) is 9.99. The summed E-state index contributed by atoms with van der Waals surface area (Å²) in [4.78, 5) is 9.50. The Bertz CT molecular complexity index is 167. The number of halogens is 5. The molecule has 0 fully saturated rings. The standard InChI is InChI=1S/C6H7F5O/c1-2-4(7)6(10,11)5(8,9)3-12/h3-4H,2H2,1H3. The van der Waals surface area contributed by atoms with Gasteiger partial charge in [-0.1, -0.05) is 6.92 Å². The molecule has 72 valence electrons. The summed E-state index contributed by atoms with van der Waals surface area (Å²) in [5.41, 5.74) is 0. The molecule has 1 atom stereocenters. The van der Waals surface area contributed by atoms with E-state index < -0.39 is 30.7 Å². The van der Waals surface area contributed by atoms with Crippen LogP contribution < -0.4 is 0 Å². The molecule has 0 aliphatic heterocycles. The molecule has 0 amide bonds. The van der Waals surface area contributed by atoms with Gasteiger partial charge in [0, 0.05) is 0 Å². The molecule has 0 N–H and O–H groups in total. The average molecular weight is 190 g/mol. The van der Waals surface area contributed by atoms with E-state index in [0.717, 1.165) is 6.92 Å². The third-order valence-electron chi connectivity index (χ3n) is 1.34. The van der Waals surface area contributed by atoms with Gasteiger partial charge in [0.05, 0.1) is 0 Å². The van der Waals surface area contributed by atoms with E-state index in [1.165, 1.54) is 0 Å². The van der Waals surface area contributed by atoms with E-state index in [1.807, 2.05) is 0 Å². The van der Waals surface area contributed by atoms with Gasteiger partial charge >= 0.3 is 11.8 Å². The van der Waals surface area contributed by atoms with Gasteiger partial charge < -0.3 is 0 Å². The predicted molar refractivity (Wildman–Crippen MR) is 31.1 cm³/mol. The van der Waals surface area contributed by atoms with E-state index in [2.05, 4.69) is 0 Å². The lowest BCUT2D eigenvalue weighted by Gasteiger charge is -2.24. The predicted octanol–water partition coefficient (Wildman–Crippen LogP) is 2.20. The first-order valence-corrected chi connectivity index (χ1v) is 3.15. The van der Waals surface area contributed by atoms with Gasteiger partial charge in [0.1, 0.15) is 0 Å². The van der Waals surface area contributed by atoms with Gasteiger partial charge in [0.2, 0.25) is 0 Å². The Morgan fingerprint density at radius 1 is 1.33 bits per heavy atom. The Morgan fingerprint density at radius 3 is 2.00 bits per heavy atom. The van der Waals surface area contributed by atoms with E-state index in [4.69, 9.17) is 0 Å². The largest absolute Gasteiger partial charge is 0.367 e. The molecule has 0 heterocycles. The molecule has 0 saturated carbocycles. The summed E-state index contributed by atoms with van der Waals surface area (Å²) in [6.45, 7) is 0.986. The van der Waals surface area contributed by atoms with Crippen molar-refractivity contribution >= 4 is 6.29 Å². The molecule has 0 rings (SSSR count). The number of alkyl halides is 5. The topological polar surface area (TPSA) is 17.1 Å². The first kappa shape index (κ1) is 11.3. The molecule has 0 aliphatic carbocycles. The van der Waals surface area contributed by atoms with Crippen LogP contribution in [0.3, 0.4) is 0 Å². The number of hydrogen-bond acceptors (Lipinski definition) is 1. The fourth-order valence-electron chi connectivity index (χ4n) is 0.544. The second kappa shape index (κ2) is 3.37. The van der Waals surface area contributed by atoms with Crippen molar-refractivity contribution in [1.82, 2.24) is 0 Å². The van der Waals surface area contributed by atoms with Gasteiger partial charge in [-0.3, -0.25) is 4.79 Å². The van der Waals surface area contributed by atoms with Gasteiger partial charge in [0.15, 0.2) is 12.5 Å². The highest BCUT2D eigenvalue weighted by Crippen LogP contribution is 2.37. The molecule has 1 nitrogen and oxygen atoms in total. The monoisotopic (exact) mass is 190 g/mol. The lowest BCUT2D eigenvalue weighted by Crippen LogP contribution is -2.48. The Kier molecular flexibility index (Phi) is 3.17. The molecule has 0 spiro atoms. The average Bonchev–Trinajstić information content (AvgIpc) is 2.02. The Morgan fingerprint density at radius 2 is 1.75 bits per heavy atom. The smallest absolute Gasteiger partial charge is 0.296 e. The highest BCUT2D eigenvalue weighted by atomic mass is 19.3. The van der Waals surface area contributed by atoms with Crippen LogP contribution in [0.1, 0.15) is 13.3 Å². The molecule has 0 aromatic heterocycles. The van der Waals surface area contributed by atoms with E-state index in [1.54, 1.807) is 0 Å². The van der Waals surface area contributed by atoms with Crippen LogP contribution in [0, 0.1) is 0 Å². The van der Waals surface area contributed by atoms with E-state index in [9.17, 15) is 26.7 Å². The maximum absolute atomic E-state index is 12.2. The van der Waals surface area contributed by atoms with Crippen LogP contribution in [0.4, 0.5) is 22.0 Å². The molecule has 0 radical (unpaired) electrons. The summed E-state index contributed by atoms with van der Waals surface area (Å²) >= 11 is 0. The molecule has 6 heteroatoms. The van der Waals surface area contributed by atoms with Crippen LogP contribution in [0.15, 0.2) is 0 Å². The first-order valence-electron chi connectivity index (χ1n) is 3.15. The molecular weight excluding hydrogens is 183 g/mol. The van der Waals surface area contributed by atoms with E-state index in [-0.39, 0.29) is 0 Å². The quantitative estimate of drug-likeness (QED) is 0.490. The second-order valence-electron chi connectivity index (χ2n) is 2.24. The van der Waals surface area contributed by atoms with Crippen molar-refractivity contribution in [2.75, 3.05) is 0 Å². The summed E-state index contributed by atoms with van der Waals surface area (Å²) < 4.78 is 60.7. The van der Waals surface area contributed by atoms with Crippen molar-refractivity contribution in [3.8, 4) is 0 Å². The minimum atomic E-state index is -4.93. The Labute approximate surface area is 65.6 Å². The summed E-state index contributed by atoms with van der Waals surface area (Å²) in [6.07, 6.45) is -5.01. The fraction of sp³-hybridized carbons (Fsp3) is 0.833. The van der Waals surface area contributed by atoms with Crippen LogP contribution in [-0.4, -0.2) is 24.3 Å². The summed E-state index contributed by atoms with van der Waals surface area (Å²) in [5, 5.41) is 0. The van der Waals surface area contributed by atoms with Crippen molar-refractivity contribution in [1.29, 1.82) is 0 Å². The Hall–Kier alpha value is -0.680. The Balaban J connectivity index is 4.70. The minimum Gasteiger partial charge on any atom is -0.296 e. The minimum absolute atomic E-state index is 0.767. The van der Waals surface area contributed by atoms with Gasteiger partial charge in [-0.25, -0.2) is 4.39 Å². The highest BCUT2D eigenvalue weighted by molar-refractivity contribution is 5.61. The van der Waals surface area contributed by atoms with Crippen molar-refractivity contribution in [2.24, 2.45) is 0 Å². The van der Waals surface area contributed by atoms with E-state index in [0.29, 0.717) is 0 Å². The maximum Gasteiger partial charge on any atom is 0.367 e. The van der Waals surface area contributed by atoms with Crippen LogP contribution >= 0.6 is 0 Å². The normalized spacial score (nSPS) is 15.8. The molecule has 0 bridgehead atoms. The molecule has 0 aromatic rings.